The number of phenolic OH excluding ortho intramolecular Hbond substituents is 1. The van der Waals surface area contributed by atoms with Crippen LogP contribution < -0.4 is 5.32 Å². The first kappa shape index (κ1) is 12.8. The summed E-state index contributed by atoms with van der Waals surface area (Å²) in [5.41, 5.74) is 0.602. The zero-order valence-electron chi connectivity index (χ0n) is 9.56. The standard InChI is InChI=1S/C12H13NO4/c1-8(14)13-11(12(16)17-2)7-9-4-3-5-10(15)6-9/h3-7,15H,1-2H3,(H,13,14)/b11-7-. The van der Waals surface area contributed by atoms with Crippen molar-refractivity contribution in [3.05, 3.63) is 35.5 Å². The Labute approximate surface area is 98.7 Å². The normalized spacial score (nSPS) is 10.8. The number of phenols is 1. The highest BCUT2D eigenvalue weighted by Gasteiger charge is 2.10. The van der Waals surface area contributed by atoms with Gasteiger partial charge in [-0.15, -0.1) is 0 Å². The van der Waals surface area contributed by atoms with Gasteiger partial charge in [-0.3, -0.25) is 4.79 Å². The zero-order valence-corrected chi connectivity index (χ0v) is 9.56. The van der Waals surface area contributed by atoms with Crippen LogP contribution in [0.25, 0.3) is 6.08 Å². The van der Waals surface area contributed by atoms with Crippen LogP contribution in [0, 0.1) is 0 Å². The van der Waals surface area contributed by atoms with Gasteiger partial charge >= 0.3 is 5.97 Å². The SMILES string of the molecule is COC(=O)/C(=C/c1cccc(O)c1)NC(C)=O. The molecule has 1 amide bonds. The highest BCUT2D eigenvalue weighted by molar-refractivity contribution is 5.97. The Morgan fingerprint density at radius 2 is 2.12 bits per heavy atom. The average Bonchev–Trinajstić information content (AvgIpc) is 2.26. The van der Waals surface area contributed by atoms with Crippen LogP contribution in [0.1, 0.15) is 12.5 Å². The second kappa shape index (κ2) is 5.69. The van der Waals surface area contributed by atoms with Gasteiger partial charge in [0, 0.05) is 6.92 Å². The van der Waals surface area contributed by atoms with E-state index in [1.165, 1.54) is 32.2 Å². The minimum absolute atomic E-state index is 0.0191. The van der Waals surface area contributed by atoms with Gasteiger partial charge in [0.25, 0.3) is 0 Å². The van der Waals surface area contributed by atoms with Crippen LogP contribution in [0.4, 0.5) is 0 Å². The molecule has 0 fully saturated rings. The van der Waals surface area contributed by atoms with Crippen LogP contribution in [-0.2, 0) is 14.3 Å². The number of rotatable bonds is 3. The predicted molar refractivity (Wildman–Crippen MR) is 61.9 cm³/mol. The molecule has 90 valence electrons. The molecule has 0 heterocycles. The van der Waals surface area contributed by atoms with Crippen LogP contribution in [0.2, 0.25) is 0 Å². The number of methoxy groups -OCH3 is 1. The molecule has 0 radical (unpaired) electrons. The molecule has 0 atom stereocenters. The molecule has 0 saturated heterocycles. The Hall–Kier alpha value is -2.30. The van der Waals surface area contributed by atoms with Crippen molar-refractivity contribution in [3.8, 4) is 5.75 Å². The predicted octanol–water partition coefficient (Wildman–Crippen LogP) is 1.04. The van der Waals surface area contributed by atoms with E-state index < -0.39 is 5.97 Å². The number of hydrogen-bond acceptors (Lipinski definition) is 4. The maximum Gasteiger partial charge on any atom is 0.354 e. The van der Waals surface area contributed by atoms with Crippen molar-refractivity contribution in [2.45, 2.75) is 6.92 Å². The summed E-state index contributed by atoms with van der Waals surface area (Å²) in [6.45, 7) is 1.29. The van der Waals surface area contributed by atoms with Gasteiger partial charge in [-0.05, 0) is 23.8 Å². The van der Waals surface area contributed by atoms with E-state index in [4.69, 9.17) is 0 Å². The molecule has 0 aromatic heterocycles. The van der Waals surface area contributed by atoms with E-state index in [0.29, 0.717) is 5.56 Å². The fraction of sp³-hybridized carbons (Fsp3) is 0.167. The lowest BCUT2D eigenvalue weighted by Gasteiger charge is -2.05. The van der Waals surface area contributed by atoms with Crippen LogP contribution in [0.15, 0.2) is 30.0 Å². The van der Waals surface area contributed by atoms with Crippen LogP contribution in [0.3, 0.4) is 0 Å². The van der Waals surface area contributed by atoms with Gasteiger partial charge < -0.3 is 15.2 Å². The van der Waals surface area contributed by atoms with Crippen LogP contribution >= 0.6 is 0 Å². The van der Waals surface area contributed by atoms with Gasteiger partial charge in [-0.1, -0.05) is 12.1 Å². The molecule has 1 rings (SSSR count). The van der Waals surface area contributed by atoms with E-state index in [2.05, 4.69) is 10.1 Å². The molecule has 5 nitrogen and oxygen atoms in total. The van der Waals surface area contributed by atoms with Crippen molar-refractivity contribution in [2.24, 2.45) is 0 Å². The molecule has 1 aromatic carbocycles. The van der Waals surface area contributed by atoms with Crippen LogP contribution in [-0.4, -0.2) is 24.1 Å². The smallest absolute Gasteiger partial charge is 0.354 e. The largest absolute Gasteiger partial charge is 0.508 e. The first-order valence-electron chi connectivity index (χ1n) is 4.89. The Morgan fingerprint density at radius 3 is 2.65 bits per heavy atom. The van der Waals surface area contributed by atoms with E-state index >= 15 is 0 Å². The maximum atomic E-state index is 11.4. The topological polar surface area (TPSA) is 75.6 Å². The average molecular weight is 235 g/mol. The monoisotopic (exact) mass is 235 g/mol. The van der Waals surface area contributed by atoms with Crippen molar-refractivity contribution >= 4 is 18.0 Å². The number of hydrogen-bond donors (Lipinski definition) is 2. The van der Waals surface area contributed by atoms with E-state index in [1.807, 2.05) is 0 Å². The lowest BCUT2D eigenvalue weighted by Crippen LogP contribution is -2.25. The number of nitrogens with one attached hydrogen (secondary N) is 1. The van der Waals surface area contributed by atoms with Crippen LogP contribution in [0.5, 0.6) is 5.75 Å². The summed E-state index contributed by atoms with van der Waals surface area (Å²) >= 11 is 0. The molecule has 0 aliphatic rings. The summed E-state index contributed by atoms with van der Waals surface area (Å²) in [7, 11) is 1.22. The zero-order chi connectivity index (χ0) is 12.8. The molecule has 17 heavy (non-hydrogen) atoms. The number of esters is 1. The van der Waals surface area contributed by atoms with Crippen molar-refractivity contribution in [1.29, 1.82) is 0 Å². The first-order valence-corrected chi connectivity index (χ1v) is 4.89. The van der Waals surface area contributed by atoms with E-state index in [9.17, 15) is 14.7 Å². The van der Waals surface area contributed by atoms with Crippen molar-refractivity contribution < 1.29 is 19.4 Å². The quantitative estimate of drug-likeness (QED) is 0.606. The first-order chi connectivity index (χ1) is 8.02. The lowest BCUT2D eigenvalue weighted by atomic mass is 10.2. The fourth-order valence-electron chi connectivity index (χ4n) is 1.23. The van der Waals surface area contributed by atoms with Gasteiger partial charge in [0.2, 0.25) is 5.91 Å². The minimum atomic E-state index is -0.649. The van der Waals surface area contributed by atoms with Crippen molar-refractivity contribution in [3.63, 3.8) is 0 Å². The molecule has 0 unspecified atom stereocenters. The number of carbonyl (C=O) groups is 2. The van der Waals surface area contributed by atoms with Gasteiger partial charge in [0.1, 0.15) is 11.4 Å². The Bertz CT molecular complexity index is 465. The third-order valence-corrected chi connectivity index (χ3v) is 1.90. The molecule has 2 N–H and O–H groups in total. The number of ether oxygens (including phenoxy) is 1. The van der Waals surface area contributed by atoms with E-state index in [-0.39, 0.29) is 17.4 Å². The molecule has 0 saturated carbocycles. The van der Waals surface area contributed by atoms with Crippen molar-refractivity contribution in [2.75, 3.05) is 7.11 Å². The Balaban J connectivity index is 3.04. The number of benzene rings is 1. The second-order valence-corrected chi connectivity index (χ2v) is 3.33. The number of aromatic hydroxyl groups is 1. The second-order valence-electron chi connectivity index (χ2n) is 3.33. The highest BCUT2D eigenvalue weighted by atomic mass is 16.5. The molecule has 0 aliphatic heterocycles. The van der Waals surface area contributed by atoms with Gasteiger partial charge in [0.15, 0.2) is 0 Å². The summed E-state index contributed by atoms with van der Waals surface area (Å²) in [5, 5.41) is 11.6. The van der Waals surface area contributed by atoms with Gasteiger partial charge in [-0.25, -0.2) is 4.79 Å². The molecule has 0 bridgehead atoms. The third-order valence-electron chi connectivity index (χ3n) is 1.90. The molecular formula is C12H13NO4. The van der Waals surface area contributed by atoms with Gasteiger partial charge in [-0.2, -0.15) is 0 Å². The fourth-order valence-corrected chi connectivity index (χ4v) is 1.23. The maximum absolute atomic E-state index is 11.4. The number of amides is 1. The summed E-state index contributed by atoms with van der Waals surface area (Å²) in [6, 6.07) is 6.28. The molecule has 0 aliphatic carbocycles. The minimum Gasteiger partial charge on any atom is -0.508 e. The highest BCUT2D eigenvalue weighted by Crippen LogP contribution is 2.13. The Kier molecular flexibility index (Phi) is 4.28. The summed E-state index contributed by atoms with van der Waals surface area (Å²) in [5.74, 6) is -0.948. The van der Waals surface area contributed by atoms with E-state index in [1.54, 1.807) is 12.1 Å². The van der Waals surface area contributed by atoms with Gasteiger partial charge in [0.05, 0.1) is 7.11 Å². The summed E-state index contributed by atoms with van der Waals surface area (Å²) < 4.78 is 4.53. The lowest BCUT2D eigenvalue weighted by molar-refractivity contribution is -0.137. The molecule has 0 spiro atoms. The summed E-state index contributed by atoms with van der Waals surface area (Å²) in [4.78, 5) is 22.3. The Morgan fingerprint density at radius 1 is 1.41 bits per heavy atom. The molecule has 5 heteroatoms. The van der Waals surface area contributed by atoms with Crippen molar-refractivity contribution in [1.82, 2.24) is 5.32 Å². The van der Waals surface area contributed by atoms with E-state index in [0.717, 1.165) is 0 Å². The number of carbonyl (C=O) groups excluding carboxylic acids is 2. The summed E-state index contributed by atoms with van der Waals surface area (Å²) in [6.07, 6.45) is 1.42. The third kappa shape index (κ3) is 3.98. The molecule has 1 aromatic rings. The molecular weight excluding hydrogens is 222 g/mol.